The van der Waals surface area contributed by atoms with E-state index in [2.05, 4.69) is 19.2 Å². The quantitative estimate of drug-likeness (QED) is 0.844. The summed E-state index contributed by atoms with van der Waals surface area (Å²) in [5.74, 6) is -0.705. The van der Waals surface area contributed by atoms with Crippen molar-refractivity contribution >= 4 is 11.8 Å². The third kappa shape index (κ3) is 2.73. The Morgan fingerprint density at radius 3 is 2.50 bits per heavy atom. The van der Waals surface area contributed by atoms with Crippen LogP contribution in [0.2, 0.25) is 0 Å². The molecule has 5 heteroatoms. The monoisotopic (exact) mass is 304 g/mol. The van der Waals surface area contributed by atoms with Gasteiger partial charge in [0.1, 0.15) is 0 Å². The molecule has 1 aromatic carbocycles. The number of benzene rings is 1. The fourth-order valence-corrected chi connectivity index (χ4v) is 3.53. The Balaban J connectivity index is 2.12. The molecule has 1 fully saturated rings. The van der Waals surface area contributed by atoms with E-state index in [0.29, 0.717) is 11.1 Å². The SMILES string of the molecule is CCC1(CC)C(NC(=O)c2cccc(C(N)=O)c2)CC1OC. The average molecular weight is 304 g/mol. The van der Waals surface area contributed by atoms with Gasteiger partial charge in [0.25, 0.3) is 5.91 Å². The number of nitrogens with two attached hydrogens (primary N) is 1. The third-order valence-corrected chi connectivity index (χ3v) is 5.10. The molecule has 3 N–H and O–H groups in total. The Kier molecular flexibility index (Phi) is 4.86. The third-order valence-electron chi connectivity index (χ3n) is 5.10. The molecule has 1 aromatic rings. The molecule has 120 valence electrons. The number of carbonyl (C=O) groups excluding carboxylic acids is 2. The summed E-state index contributed by atoms with van der Waals surface area (Å²) in [5, 5.41) is 3.08. The number of hydrogen-bond acceptors (Lipinski definition) is 3. The minimum atomic E-state index is -0.533. The highest BCUT2D eigenvalue weighted by Crippen LogP contribution is 2.48. The predicted molar refractivity (Wildman–Crippen MR) is 84.6 cm³/mol. The number of rotatable bonds is 6. The van der Waals surface area contributed by atoms with Crippen molar-refractivity contribution in [1.82, 2.24) is 5.32 Å². The van der Waals surface area contributed by atoms with Crippen LogP contribution in [0.4, 0.5) is 0 Å². The van der Waals surface area contributed by atoms with E-state index in [1.807, 2.05) is 0 Å². The first-order valence-corrected chi connectivity index (χ1v) is 7.72. The first-order valence-electron chi connectivity index (χ1n) is 7.72. The smallest absolute Gasteiger partial charge is 0.251 e. The van der Waals surface area contributed by atoms with Crippen LogP contribution >= 0.6 is 0 Å². The van der Waals surface area contributed by atoms with Gasteiger partial charge in [-0.05, 0) is 37.5 Å². The zero-order valence-electron chi connectivity index (χ0n) is 13.4. The van der Waals surface area contributed by atoms with Gasteiger partial charge in [0.05, 0.1) is 6.10 Å². The molecule has 0 spiro atoms. The lowest BCUT2D eigenvalue weighted by Crippen LogP contribution is -2.64. The normalized spacial score (nSPS) is 22.7. The van der Waals surface area contributed by atoms with Crippen LogP contribution in [0.3, 0.4) is 0 Å². The van der Waals surface area contributed by atoms with Crippen LogP contribution < -0.4 is 11.1 Å². The molecule has 1 aliphatic rings. The van der Waals surface area contributed by atoms with Crippen molar-refractivity contribution in [1.29, 1.82) is 0 Å². The molecule has 0 heterocycles. The Morgan fingerprint density at radius 1 is 1.32 bits per heavy atom. The summed E-state index contributed by atoms with van der Waals surface area (Å²) in [6, 6.07) is 6.58. The van der Waals surface area contributed by atoms with Crippen LogP contribution in [0.25, 0.3) is 0 Å². The minimum absolute atomic E-state index is 0.00823. The first-order chi connectivity index (χ1) is 10.5. The van der Waals surface area contributed by atoms with Crippen LogP contribution in [-0.4, -0.2) is 31.1 Å². The largest absolute Gasteiger partial charge is 0.381 e. The van der Waals surface area contributed by atoms with Crippen molar-refractivity contribution in [2.75, 3.05) is 7.11 Å². The molecule has 0 aromatic heterocycles. The van der Waals surface area contributed by atoms with E-state index >= 15 is 0 Å². The van der Waals surface area contributed by atoms with Crippen molar-refractivity contribution in [2.45, 2.75) is 45.3 Å². The van der Waals surface area contributed by atoms with Gasteiger partial charge in [0, 0.05) is 29.7 Å². The number of ether oxygens (including phenoxy) is 1. The lowest BCUT2D eigenvalue weighted by Gasteiger charge is -2.55. The molecular formula is C17H24N2O3. The second-order valence-electron chi connectivity index (χ2n) is 5.87. The Labute approximate surface area is 131 Å². The fourth-order valence-electron chi connectivity index (χ4n) is 3.53. The molecule has 2 amide bonds. The van der Waals surface area contributed by atoms with E-state index in [1.54, 1.807) is 25.3 Å². The highest BCUT2D eigenvalue weighted by atomic mass is 16.5. The summed E-state index contributed by atoms with van der Waals surface area (Å²) in [4.78, 5) is 23.7. The number of hydrogen-bond donors (Lipinski definition) is 2. The van der Waals surface area contributed by atoms with Gasteiger partial charge >= 0.3 is 0 Å². The maximum atomic E-state index is 12.4. The van der Waals surface area contributed by atoms with Gasteiger partial charge in [0.2, 0.25) is 5.91 Å². The van der Waals surface area contributed by atoms with Crippen molar-refractivity contribution in [3.63, 3.8) is 0 Å². The average Bonchev–Trinajstić information content (AvgIpc) is 2.52. The molecule has 2 unspecified atom stereocenters. The van der Waals surface area contributed by atoms with Gasteiger partial charge in [-0.2, -0.15) is 0 Å². The van der Waals surface area contributed by atoms with Crippen molar-refractivity contribution in [2.24, 2.45) is 11.1 Å². The summed E-state index contributed by atoms with van der Waals surface area (Å²) in [7, 11) is 1.72. The summed E-state index contributed by atoms with van der Waals surface area (Å²) in [6.07, 6.45) is 2.91. The van der Waals surface area contributed by atoms with Crippen molar-refractivity contribution < 1.29 is 14.3 Å². The maximum Gasteiger partial charge on any atom is 0.251 e. The van der Waals surface area contributed by atoms with Gasteiger partial charge in [-0.25, -0.2) is 0 Å². The van der Waals surface area contributed by atoms with Gasteiger partial charge in [-0.3, -0.25) is 9.59 Å². The highest BCUT2D eigenvalue weighted by Gasteiger charge is 2.53. The molecule has 0 radical (unpaired) electrons. The van der Waals surface area contributed by atoms with Gasteiger partial charge < -0.3 is 15.8 Å². The summed E-state index contributed by atoms with van der Waals surface area (Å²) >= 11 is 0. The number of primary amides is 1. The molecule has 22 heavy (non-hydrogen) atoms. The van der Waals surface area contributed by atoms with Gasteiger partial charge in [-0.15, -0.1) is 0 Å². The zero-order valence-corrected chi connectivity index (χ0v) is 13.4. The van der Waals surface area contributed by atoms with Crippen LogP contribution in [0.1, 0.15) is 53.8 Å². The minimum Gasteiger partial charge on any atom is -0.381 e. The van der Waals surface area contributed by atoms with E-state index in [1.165, 1.54) is 6.07 Å². The molecule has 5 nitrogen and oxygen atoms in total. The molecule has 1 saturated carbocycles. The molecular weight excluding hydrogens is 280 g/mol. The van der Waals surface area contributed by atoms with E-state index in [0.717, 1.165) is 19.3 Å². The Morgan fingerprint density at radius 2 is 1.95 bits per heavy atom. The molecule has 0 bridgehead atoms. The van der Waals surface area contributed by atoms with E-state index < -0.39 is 5.91 Å². The number of carbonyl (C=O) groups is 2. The van der Waals surface area contributed by atoms with E-state index in [4.69, 9.17) is 10.5 Å². The molecule has 0 saturated heterocycles. The van der Waals surface area contributed by atoms with E-state index in [-0.39, 0.29) is 23.5 Å². The summed E-state index contributed by atoms with van der Waals surface area (Å²) in [5.41, 5.74) is 6.05. The Hall–Kier alpha value is -1.88. The van der Waals surface area contributed by atoms with Gasteiger partial charge in [0.15, 0.2) is 0 Å². The van der Waals surface area contributed by atoms with Crippen LogP contribution in [0, 0.1) is 5.41 Å². The first kappa shape index (κ1) is 16.5. The molecule has 0 aliphatic heterocycles. The molecule has 1 aliphatic carbocycles. The lowest BCUT2D eigenvalue weighted by molar-refractivity contribution is -0.120. The van der Waals surface area contributed by atoms with Crippen molar-refractivity contribution in [3.8, 4) is 0 Å². The fraction of sp³-hybridized carbons (Fsp3) is 0.529. The topological polar surface area (TPSA) is 81.4 Å². The van der Waals surface area contributed by atoms with Crippen LogP contribution in [-0.2, 0) is 4.74 Å². The summed E-state index contributed by atoms with van der Waals surface area (Å²) < 4.78 is 5.54. The maximum absolute atomic E-state index is 12.4. The second kappa shape index (κ2) is 6.48. The Bertz CT molecular complexity index is 567. The predicted octanol–water partition coefficient (Wildman–Crippen LogP) is 2.11. The molecule has 2 atom stereocenters. The standard InChI is InChI=1S/C17H24N2O3/c1-4-17(5-2)13(10-14(17)22-3)19-16(21)12-8-6-7-11(9-12)15(18)20/h6-9,13-14H,4-5,10H2,1-3H3,(H2,18,20)(H,19,21). The van der Waals surface area contributed by atoms with Crippen LogP contribution in [0.5, 0.6) is 0 Å². The number of nitrogens with one attached hydrogen (secondary N) is 1. The second-order valence-corrected chi connectivity index (χ2v) is 5.87. The van der Waals surface area contributed by atoms with E-state index in [9.17, 15) is 9.59 Å². The summed E-state index contributed by atoms with van der Waals surface area (Å²) in [6.45, 7) is 4.25. The number of amides is 2. The number of methoxy groups -OCH3 is 1. The van der Waals surface area contributed by atoms with Gasteiger partial charge in [-0.1, -0.05) is 19.9 Å². The lowest BCUT2D eigenvalue weighted by atomic mass is 9.58. The van der Waals surface area contributed by atoms with Crippen molar-refractivity contribution in [3.05, 3.63) is 35.4 Å². The van der Waals surface area contributed by atoms with Crippen LogP contribution in [0.15, 0.2) is 24.3 Å². The molecule has 2 rings (SSSR count). The zero-order chi connectivity index (χ0) is 16.3. The highest BCUT2D eigenvalue weighted by molar-refractivity contribution is 5.99.